The molecular formula is C15H12FNO2S. The van der Waals surface area contributed by atoms with Crippen LogP contribution in [0.4, 0.5) is 10.1 Å². The van der Waals surface area contributed by atoms with Crippen molar-refractivity contribution in [3.8, 4) is 5.75 Å². The predicted molar refractivity (Wildman–Crippen MR) is 76.5 cm³/mol. The number of fused-ring (bicyclic) bond motifs is 1. The molecule has 1 heterocycles. The number of halogens is 1. The Bertz CT molecular complexity index is 643. The molecular weight excluding hydrogens is 277 g/mol. The van der Waals surface area contributed by atoms with Gasteiger partial charge in [0.15, 0.2) is 0 Å². The lowest BCUT2D eigenvalue weighted by atomic mass is 10.2. The minimum Gasteiger partial charge on any atom is -0.489 e. The number of anilines is 1. The van der Waals surface area contributed by atoms with Crippen LogP contribution in [0.15, 0.2) is 47.4 Å². The minimum absolute atomic E-state index is 0.0162. The highest BCUT2D eigenvalue weighted by Gasteiger charge is 2.15. The lowest BCUT2D eigenvalue weighted by Crippen LogP contribution is -2.18. The van der Waals surface area contributed by atoms with Gasteiger partial charge in [-0.1, -0.05) is 12.1 Å². The van der Waals surface area contributed by atoms with Gasteiger partial charge in [-0.2, -0.15) is 0 Å². The van der Waals surface area contributed by atoms with Crippen LogP contribution in [0.3, 0.4) is 0 Å². The van der Waals surface area contributed by atoms with Gasteiger partial charge in [0, 0.05) is 4.90 Å². The fourth-order valence-corrected chi connectivity index (χ4v) is 2.72. The molecule has 3 rings (SSSR count). The summed E-state index contributed by atoms with van der Waals surface area (Å²) in [5, 5.41) is 2.81. The summed E-state index contributed by atoms with van der Waals surface area (Å²) in [6.45, 7) is 0.385. The van der Waals surface area contributed by atoms with E-state index in [2.05, 4.69) is 5.32 Å². The van der Waals surface area contributed by atoms with E-state index in [0.717, 1.165) is 21.9 Å². The maximum absolute atomic E-state index is 12.8. The maximum atomic E-state index is 12.8. The van der Waals surface area contributed by atoms with Crippen molar-refractivity contribution in [2.45, 2.75) is 11.5 Å². The summed E-state index contributed by atoms with van der Waals surface area (Å²) in [4.78, 5) is 12.3. The molecule has 0 aromatic heterocycles. The number of ether oxygens (including phenoxy) is 1. The third-order valence-corrected chi connectivity index (χ3v) is 3.96. The summed E-state index contributed by atoms with van der Waals surface area (Å²) in [5.74, 6) is 0.919. The first-order valence-electron chi connectivity index (χ1n) is 6.15. The smallest absolute Gasteiger partial charge is 0.234 e. The SMILES string of the molecule is O=C1CSc2cc(OCc3ccc(F)cc3)ccc2N1. The van der Waals surface area contributed by atoms with Crippen LogP contribution in [0.1, 0.15) is 5.56 Å². The van der Waals surface area contributed by atoms with E-state index in [1.165, 1.54) is 23.9 Å². The van der Waals surface area contributed by atoms with Gasteiger partial charge >= 0.3 is 0 Å². The van der Waals surface area contributed by atoms with Crippen molar-refractivity contribution in [1.82, 2.24) is 0 Å². The van der Waals surface area contributed by atoms with E-state index in [1.807, 2.05) is 18.2 Å². The number of hydrogen-bond donors (Lipinski definition) is 1. The van der Waals surface area contributed by atoms with Crippen molar-refractivity contribution in [1.29, 1.82) is 0 Å². The van der Waals surface area contributed by atoms with E-state index >= 15 is 0 Å². The first kappa shape index (κ1) is 13.0. The van der Waals surface area contributed by atoms with Gasteiger partial charge in [0.2, 0.25) is 5.91 Å². The molecule has 0 unspecified atom stereocenters. The van der Waals surface area contributed by atoms with Gasteiger partial charge in [0.1, 0.15) is 18.2 Å². The van der Waals surface area contributed by atoms with Crippen LogP contribution in [0, 0.1) is 5.82 Å². The predicted octanol–water partition coefficient (Wildman–Crippen LogP) is 3.45. The van der Waals surface area contributed by atoms with Gasteiger partial charge in [-0.15, -0.1) is 11.8 Å². The van der Waals surface area contributed by atoms with Gasteiger partial charge in [-0.05, 0) is 35.9 Å². The molecule has 0 saturated heterocycles. The van der Waals surface area contributed by atoms with Crippen molar-refractivity contribution < 1.29 is 13.9 Å². The fraction of sp³-hybridized carbons (Fsp3) is 0.133. The number of benzene rings is 2. The largest absolute Gasteiger partial charge is 0.489 e. The molecule has 0 fully saturated rings. The summed E-state index contributed by atoms with van der Waals surface area (Å²) in [6, 6.07) is 11.8. The van der Waals surface area contributed by atoms with E-state index in [0.29, 0.717) is 12.4 Å². The van der Waals surface area contributed by atoms with Crippen LogP contribution in [-0.4, -0.2) is 11.7 Å². The zero-order chi connectivity index (χ0) is 13.9. The van der Waals surface area contributed by atoms with Crippen molar-refractivity contribution in [3.05, 3.63) is 53.8 Å². The van der Waals surface area contributed by atoms with Crippen LogP contribution in [0.25, 0.3) is 0 Å². The number of carbonyl (C=O) groups excluding carboxylic acids is 1. The number of amides is 1. The van der Waals surface area contributed by atoms with Gasteiger partial charge in [-0.25, -0.2) is 4.39 Å². The third kappa shape index (κ3) is 2.93. The van der Waals surface area contributed by atoms with Crippen LogP contribution < -0.4 is 10.1 Å². The molecule has 5 heteroatoms. The fourth-order valence-electron chi connectivity index (χ4n) is 1.89. The minimum atomic E-state index is -0.255. The molecule has 102 valence electrons. The highest BCUT2D eigenvalue weighted by Crippen LogP contribution is 2.34. The molecule has 0 spiro atoms. The number of thioether (sulfide) groups is 1. The van der Waals surface area contributed by atoms with Crippen molar-refractivity contribution in [2.24, 2.45) is 0 Å². The van der Waals surface area contributed by atoms with Crippen LogP contribution in [0.5, 0.6) is 5.75 Å². The Morgan fingerprint density at radius 2 is 2.00 bits per heavy atom. The van der Waals surface area contributed by atoms with E-state index in [1.54, 1.807) is 12.1 Å². The monoisotopic (exact) mass is 289 g/mol. The second kappa shape index (κ2) is 5.54. The summed E-state index contributed by atoms with van der Waals surface area (Å²) in [7, 11) is 0. The first-order chi connectivity index (χ1) is 9.70. The Morgan fingerprint density at radius 3 is 2.80 bits per heavy atom. The second-order valence-corrected chi connectivity index (χ2v) is 5.43. The highest BCUT2D eigenvalue weighted by molar-refractivity contribution is 8.00. The van der Waals surface area contributed by atoms with Crippen molar-refractivity contribution >= 4 is 23.4 Å². The number of rotatable bonds is 3. The molecule has 1 N–H and O–H groups in total. The lowest BCUT2D eigenvalue weighted by molar-refractivity contribution is -0.113. The first-order valence-corrected chi connectivity index (χ1v) is 7.13. The Labute approximate surface area is 120 Å². The van der Waals surface area contributed by atoms with E-state index < -0.39 is 0 Å². The molecule has 0 radical (unpaired) electrons. The summed E-state index contributed by atoms with van der Waals surface area (Å²) in [6.07, 6.45) is 0. The zero-order valence-electron chi connectivity index (χ0n) is 10.6. The quantitative estimate of drug-likeness (QED) is 0.940. The Kier molecular flexibility index (Phi) is 3.60. The Morgan fingerprint density at radius 1 is 1.20 bits per heavy atom. The molecule has 1 aliphatic rings. The van der Waals surface area contributed by atoms with E-state index in [-0.39, 0.29) is 11.7 Å². The van der Waals surface area contributed by atoms with Crippen LogP contribution in [0.2, 0.25) is 0 Å². The summed E-state index contributed by atoms with van der Waals surface area (Å²) < 4.78 is 18.5. The topological polar surface area (TPSA) is 38.3 Å². The molecule has 0 aliphatic carbocycles. The van der Waals surface area contributed by atoms with Gasteiger partial charge in [-0.3, -0.25) is 4.79 Å². The molecule has 0 atom stereocenters. The maximum Gasteiger partial charge on any atom is 0.234 e. The number of nitrogens with one attached hydrogen (secondary N) is 1. The standard InChI is InChI=1S/C15H12FNO2S/c16-11-3-1-10(2-4-11)8-19-12-5-6-13-14(7-12)20-9-15(18)17-13/h1-7H,8-9H2,(H,17,18). The van der Waals surface area contributed by atoms with Gasteiger partial charge in [0.25, 0.3) is 0 Å². The molecule has 1 aliphatic heterocycles. The molecule has 20 heavy (non-hydrogen) atoms. The average Bonchev–Trinajstić information content (AvgIpc) is 2.46. The van der Waals surface area contributed by atoms with E-state index in [4.69, 9.17) is 4.74 Å². The molecule has 3 nitrogen and oxygen atoms in total. The third-order valence-electron chi connectivity index (χ3n) is 2.90. The van der Waals surface area contributed by atoms with Crippen molar-refractivity contribution in [3.63, 3.8) is 0 Å². The molecule has 0 bridgehead atoms. The normalized spacial score (nSPS) is 13.6. The van der Waals surface area contributed by atoms with Crippen LogP contribution >= 0.6 is 11.8 Å². The van der Waals surface area contributed by atoms with Crippen LogP contribution in [-0.2, 0) is 11.4 Å². The van der Waals surface area contributed by atoms with E-state index in [9.17, 15) is 9.18 Å². The highest BCUT2D eigenvalue weighted by atomic mass is 32.2. The molecule has 2 aromatic rings. The number of hydrogen-bond acceptors (Lipinski definition) is 3. The molecule has 0 saturated carbocycles. The average molecular weight is 289 g/mol. The lowest BCUT2D eigenvalue weighted by Gasteiger charge is -2.17. The Hall–Kier alpha value is -2.01. The van der Waals surface area contributed by atoms with Crippen molar-refractivity contribution in [2.75, 3.05) is 11.1 Å². The van der Waals surface area contributed by atoms with Gasteiger partial charge in [0.05, 0.1) is 11.4 Å². The summed E-state index contributed by atoms with van der Waals surface area (Å²) >= 11 is 1.49. The van der Waals surface area contributed by atoms with Gasteiger partial charge < -0.3 is 10.1 Å². The summed E-state index contributed by atoms with van der Waals surface area (Å²) in [5.41, 5.74) is 1.73. The second-order valence-electron chi connectivity index (χ2n) is 4.41. The zero-order valence-corrected chi connectivity index (χ0v) is 11.4. The molecule has 1 amide bonds. The Balaban J connectivity index is 1.69. The molecule has 2 aromatic carbocycles. The number of carbonyl (C=O) groups is 1.